The van der Waals surface area contributed by atoms with E-state index in [1.165, 1.54) is 0 Å². The molecule has 206 valence electrons. The summed E-state index contributed by atoms with van der Waals surface area (Å²) in [6.07, 6.45) is -8.68. The Kier molecular flexibility index (Phi) is 6.19. The van der Waals surface area contributed by atoms with Gasteiger partial charge in [-0.05, 0) is 24.3 Å². The van der Waals surface area contributed by atoms with E-state index in [0.29, 0.717) is 12.1 Å². The van der Waals surface area contributed by atoms with E-state index in [1.54, 1.807) is 0 Å². The molecule has 0 saturated carbocycles. The molecule has 5 rings (SSSR count). The molecule has 8 nitrogen and oxygen atoms in total. The van der Waals surface area contributed by atoms with Crippen molar-refractivity contribution in [2.75, 3.05) is 6.61 Å². The maximum atomic E-state index is 13.7. The number of fused-ring (bicyclic) bond motifs is 1. The maximum absolute atomic E-state index is 13.7. The van der Waals surface area contributed by atoms with E-state index in [1.807, 2.05) is 5.32 Å². The van der Waals surface area contributed by atoms with Gasteiger partial charge in [0.05, 0.1) is 22.2 Å². The van der Waals surface area contributed by atoms with Crippen LogP contribution in [-0.4, -0.2) is 44.0 Å². The van der Waals surface area contributed by atoms with Gasteiger partial charge in [-0.2, -0.15) is 40.1 Å². The number of benzene rings is 1. The minimum Gasteiger partial charge on any atom is -0.491 e. The van der Waals surface area contributed by atoms with Crippen molar-refractivity contribution in [3.63, 3.8) is 0 Å². The average Bonchev–Trinajstić information content (AvgIpc) is 3.54. The molecular weight excluding hydrogens is 570 g/mol. The SMILES string of the molecule is O=C1N[C@@H](COc2ccc(-c3noc(-c4cn5cc(C(F)(F)F)cc(Cl)c5n4)n3)cc2C(F)(F)F)CC1(F)F. The van der Waals surface area contributed by atoms with Crippen molar-refractivity contribution in [2.24, 2.45) is 0 Å². The van der Waals surface area contributed by atoms with Crippen LogP contribution in [0.3, 0.4) is 0 Å². The summed E-state index contributed by atoms with van der Waals surface area (Å²) in [4.78, 5) is 19.2. The summed E-state index contributed by atoms with van der Waals surface area (Å²) >= 11 is 5.91. The Morgan fingerprint density at radius 1 is 1.10 bits per heavy atom. The van der Waals surface area contributed by atoms with Gasteiger partial charge in [0, 0.05) is 24.4 Å². The number of alkyl halides is 8. The molecule has 4 aromatic rings. The standard InChI is InChI=1S/C22H12ClF8N5O3/c23-13-4-10(21(26,27)28)6-36-7-14(33-17(13)36)18-34-16(35-39-18)9-1-2-15(12(3-9)22(29,30)31)38-8-11-5-20(24,25)19(37)32-11/h1-4,6-7,11H,5,8H2,(H,32,37)/t11-/m1/s1. The Hall–Kier alpha value is -3.95. The molecule has 1 amide bonds. The van der Waals surface area contributed by atoms with Crippen LogP contribution in [0.1, 0.15) is 17.5 Å². The Labute approximate surface area is 216 Å². The smallest absolute Gasteiger partial charge is 0.419 e. The van der Waals surface area contributed by atoms with Gasteiger partial charge in [0.1, 0.15) is 18.1 Å². The molecule has 0 unspecified atom stereocenters. The van der Waals surface area contributed by atoms with Crippen molar-refractivity contribution in [3.8, 4) is 28.7 Å². The minimum atomic E-state index is -4.94. The van der Waals surface area contributed by atoms with Crippen LogP contribution in [0.25, 0.3) is 28.6 Å². The first-order valence-corrected chi connectivity index (χ1v) is 11.1. The van der Waals surface area contributed by atoms with Gasteiger partial charge in [-0.15, -0.1) is 0 Å². The van der Waals surface area contributed by atoms with Gasteiger partial charge in [0.15, 0.2) is 5.65 Å². The first-order valence-electron chi connectivity index (χ1n) is 10.7. The number of rotatable bonds is 5. The Bertz CT molecular complexity index is 1580. The summed E-state index contributed by atoms with van der Waals surface area (Å²) in [5.74, 6) is -6.50. The molecule has 0 aliphatic carbocycles. The van der Waals surface area contributed by atoms with Crippen molar-refractivity contribution in [1.82, 2.24) is 24.8 Å². The molecule has 3 aromatic heterocycles. The van der Waals surface area contributed by atoms with Crippen molar-refractivity contribution in [1.29, 1.82) is 0 Å². The fraction of sp³-hybridized carbons (Fsp3) is 0.273. The Balaban J connectivity index is 1.41. The second-order valence-electron chi connectivity index (χ2n) is 8.45. The minimum absolute atomic E-state index is 0.0588. The molecule has 0 bridgehead atoms. The van der Waals surface area contributed by atoms with E-state index >= 15 is 0 Å². The van der Waals surface area contributed by atoms with E-state index in [9.17, 15) is 39.9 Å². The van der Waals surface area contributed by atoms with Crippen molar-refractivity contribution < 1.29 is 49.2 Å². The highest BCUT2D eigenvalue weighted by Gasteiger charge is 2.48. The molecule has 17 heteroatoms. The molecule has 0 radical (unpaired) electrons. The van der Waals surface area contributed by atoms with E-state index in [0.717, 1.165) is 28.9 Å². The van der Waals surface area contributed by atoms with Crippen molar-refractivity contribution >= 4 is 23.2 Å². The number of amides is 1. The predicted molar refractivity (Wildman–Crippen MR) is 116 cm³/mol. The number of halogens is 9. The van der Waals surface area contributed by atoms with E-state index in [-0.39, 0.29) is 33.6 Å². The molecular formula is C22H12ClF8N5O3. The lowest BCUT2D eigenvalue weighted by Gasteiger charge is -2.17. The highest BCUT2D eigenvalue weighted by molar-refractivity contribution is 6.33. The number of nitrogens with one attached hydrogen (secondary N) is 1. The summed E-state index contributed by atoms with van der Waals surface area (Å²) < 4.78 is 118. The molecule has 1 aliphatic heterocycles. The molecule has 1 aliphatic rings. The predicted octanol–water partition coefficient (Wildman–Crippen LogP) is 5.64. The van der Waals surface area contributed by atoms with Crippen LogP contribution in [0.5, 0.6) is 5.75 Å². The number of imidazole rings is 1. The zero-order valence-electron chi connectivity index (χ0n) is 18.9. The summed E-state index contributed by atoms with van der Waals surface area (Å²) in [5, 5.41) is 5.25. The van der Waals surface area contributed by atoms with Crippen molar-refractivity contribution in [2.45, 2.75) is 30.7 Å². The number of carbonyl (C=O) groups excluding carboxylic acids is 1. The van der Waals surface area contributed by atoms with Gasteiger partial charge < -0.3 is 19.0 Å². The highest BCUT2D eigenvalue weighted by atomic mass is 35.5. The first-order chi connectivity index (χ1) is 18.1. The second-order valence-corrected chi connectivity index (χ2v) is 8.86. The second kappa shape index (κ2) is 9.07. The van der Waals surface area contributed by atoms with Gasteiger partial charge in [-0.25, -0.2) is 4.98 Å². The quantitative estimate of drug-likeness (QED) is 0.306. The van der Waals surface area contributed by atoms with Crippen LogP contribution in [0.2, 0.25) is 5.02 Å². The first kappa shape index (κ1) is 26.6. The van der Waals surface area contributed by atoms with E-state index < -0.39 is 60.1 Å². The van der Waals surface area contributed by atoms with E-state index in [4.69, 9.17) is 20.9 Å². The third-order valence-electron chi connectivity index (χ3n) is 5.63. The largest absolute Gasteiger partial charge is 0.491 e. The van der Waals surface area contributed by atoms with Crippen LogP contribution < -0.4 is 10.1 Å². The number of aromatic nitrogens is 4. The highest BCUT2D eigenvalue weighted by Crippen LogP contribution is 2.39. The van der Waals surface area contributed by atoms with Gasteiger partial charge in [-0.1, -0.05) is 16.8 Å². The molecule has 1 fully saturated rings. The van der Waals surface area contributed by atoms with Crippen LogP contribution in [0.15, 0.2) is 41.2 Å². The van der Waals surface area contributed by atoms with Crippen LogP contribution in [0, 0.1) is 0 Å². The van der Waals surface area contributed by atoms with Gasteiger partial charge >= 0.3 is 18.3 Å². The van der Waals surface area contributed by atoms with Gasteiger partial charge in [0.25, 0.3) is 11.8 Å². The zero-order chi connectivity index (χ0) is 28.3. The molecule has 1 atom stereocenters. The lowest BCUT2D eigenvalue weighted by atomic mass is 10.1. The van der Waals surface area contributed by atoms with E-state index in [2.05, 4.69) is 15.1 Å². The number of hydrogen-bond acceptors (Lipinski definition) is 6. The molecule has 1 aromatic carbocycles. The fourth-order valence-corrected chi connectivity index (χ4v) is 4.07. The summed E-state index contributed by atoms with van der Waals surface area (Å²) in [5.41, 5.74) is -2.65. The zero-order valence-corrected chi connectivity index (χ0v) is 19.6. The third kappa shape index (κ3) is 5.20. The van der Waals surface area contributed by atoms with Gasteiger partial charge in [-0.3, -0.25) is 4.79 Å². The molecule has 4 heterocycles. The average molecular weight is 582 g/mol. The number of ether oxygens (including phenoxy) is 1. The molecule has 0 spiro atoms. The summed E-state index contributed by atoms with van der Waals surface area (Å²) in [6, 6.07) is 2.20. The van der Waals surface area contributed by atoms with Crippen molar-refractivity contribution in [3.05, 3.63) is 52.8 Å². The third-order valence-corrected chi connectivity index (χ3v) is 5.91. The fourth-order valence-electron chi connectivity index (χ4n) is 3.81. The normalized spacial score (nSPS) is 17.6. The molecule has 1 saturated heterocycles. The molecule has 1 N–H and O–H groups in total. The summed E-state index contributed by atoms with van der Waals surface area (Å²) in [6.45, 7) is -0.636. The summed E-state index contributed by atoms with van der Waals surface area (Å²) in [7, 11) is 0. The van der Waals surface area contributed by atoms with Crippen LogP contribution in [-0.2, 0) is 17.1 Å². The number of carbonyl (C=O) groups is 1. The van der Waals surface area contributed by atoms with Crippen LogP contribution in [0.4, 0.5) is 35.1 Å². The lowest BCUT2D eigenvalue weighted by molar-refractivity contribution is -0.140. The number of nitrogens with zero attached hydrogens (tertiary/aromatic N) is 4. The van der Waals surface area contributed by atoms with Crippen LogP contribution >= 0.6 is 11.6 Å². The lowest BCUT2D eigenvalue weighted by Crippen LogP contribution is -2.33. The maximum Gasteiger partial charge on any atom is 0.419 e. The Morgan fingerprint density at radius 2 is 1.85 bits per heavy atom. The Morgan fingerprint density at radius 3 is 2.49 bits per heavy atom. The molecule has 39 heavy (non-hydrogen) atoms. The topological polar surface area (TPSA) is 94.5 Å². The number of pyridine rings is 1. The number of hydrogen-bond donors (Lipinski definition) is 1. The van der Waals surface area contributed by atoms with Gasteiger partial charge in [0.2, 0.25) is 5.82 Å². The monoisotopic (exact) mass is 581 g/mol.